The van der Waals surface area contributed by atoms with Crippen molar-refractivity contribution >= 4 is 22.2 Å². The number of H-pyrrole nitrogens is 1. The van der Waals surface area contributed by atoms with Crippen molar-refractivity contribution < 1.29 is 17.9 Å². The lowest BCUT2D eigenvalue weighted by molar-refractivity contribution is -0.198. The average molecular weight is 420 g/mol. The number of thiophene rings is 1. The monoisotopic (exact) mass is 420 g/mol. The molecule has 1 spiro atoms. The van der Waals surface area contributed by atoms with E-state index in [0.717, 1.165) is 10.4 Å². The zero-order chi connectivity index (χ0) is 20.4. The van der Waals surface area contributed by atoms with Crippen LogP contribution in [0.25, 0.3) is 10.9 Å². The molecule has 1 aliphatic carbocycles. The Labute approximate surface area is 171 Å². The molecule has 2 aliphatic rings. The minimum atomic E-state index is -1.68. The highest BCUT2D eigenvalue weighted by Crippen LogP contribution is 2.55. The van der Waals surface area contributed by atoms with E-state index < -0.39 is 23.5 Å². The fourth-order valence-electron chi connectivity index (χ4n) is 5.21. The van der Waals surface area contributed by atoms with Gasteiger partial charge in [-0.2, -0.15) is 0 Å². The lowest BCUT2D eigenvalue weighted by atomic mass is 9.67. The number of fused-ring (bicyclic) bond motifs is 4. The molecule has 1 N–H and O–H groups in total. The van der Waals surface area contributed by atoms with Crippen molar-refractivity contribution in [2.45, 2.75) is 42.7 Å². The second-order valence-electron chi connectivity index (χ2n) is 8.31. The summed E-state index contributed by atoms with van der Waals surface area (Å²) in [4.78, 5) is 6.06. The number of halogens is 3. The van der Waals surface area contributed by atoms with E-state index in [4.69, 9.17) is 4.74 Å². The van der Waals surface area contributed by atoms with E-state index in [9.17, 15) is 4.39 Å². The summed E-state index contributed by atoms with van der Waals surface area (Å²) < 4.78 is 51.8. The van der Waals surface area contributed by atoms with E-state index >= 15 is 8.78 Å². The number of rotatable bonds is 2. The number of hydrogen-bond acceptors (Lipinski definition) is 3. The summed E-state index contributed by atoms with van der Waals surface area (Å²) in [5.74, 6) is -0.360. The van der Waals surface area contributed by atoms with Gasteiger partial charge in [-0.1, -0.05) is 6.07 Å². The molecular weight excluding hydrogens is 397 g/mol. The normalized spacial score (nSPS) is 32.2. The van der Waals surface area contributed by atoms with E-state index in [2.05, 4.69) is 4.98 Å². The molecule has 0 amide bonds. The molecule has 1 aliphatic heterocycles. The summed E-state index contributed by atoms with van der Waals surface area (Å²) in [6.07, 6.45) is -2.34. The number of nitrogens with one attached hydrogen (secondary N) is 1. The van der Waals surface area contributed by atoms with Crippen molar-refractivity contribution in [2.75, 3.05) is 20.7 Å². The lowest BCUT2D eigenvalue weighted by Crippen LogP contribution is -2.61. The third kappa shape index (κ3) is 2.57. The molecule has 0 saturated heterocycles. The Kier molecular flexibility index (Phi) is 4.35. The Morgan fingerprint density at radius 1 is 1.17 bits per heavy atom. The molecule has 3 aromatic rings. The predicted molar refractivity (Wildman–Crippen MR) is 108 cm³/mol. The van der Waals surface area contributed by atoms with Gasteiger partial charge in [-0.15, -0.1) is 11.3 Å². The fourth-order valence-corrected chi connectivity index (χ4v) is 6.24. The molecule has 5 rings (SSSR count). The molecular formula is C22H23F3N2OS. The van der Waals surface area contributed by atoms with Crippen LogP contribution >= 0.6 is 11.3 Å². The van der Waals surface area contributed by atoms with E-state index in [1.165, 1.54) is 23.5 Å². The van der Waals surface area contributed by atoms with E-state index in [0.29, 0.717) is 23.0 Å². The molecule has 3 nitrogen and oxygen atoms in total. The highest BCUT2D eigenvalue weighted by molar-refractivity contribution is 7.10. The topological polar surface area (TPSA) is 28.3 Å². The zero-order valence-corrected chi connectivity index (χ0v) is 17.2. The highest BCUT2D eigenvalue weighted by Gasteiger charge is 2.62. The molecule has 1 aromatic carbocycles. The number of nitrogens with zero attached hydrogens (tertiary/aromatic N) is 1. The molecule has 7 heteroatoms. The second kappa shape index (κ2) is 6.59. The van der Waals surface area contributed by atoms with Crippen LogP contribution in [0.2, 0.25) is 0 Å². The number of alkyl halides is 2. The highest BCUT2D eigenvalue weighted by atomic mass is 32.1. The molecule has 2 aromatic heterocycles. The Hall–Kier alpha value is -1.83. The summed E-state index contributed by atoms with van der Waals surface area (Å²) >= 11 is 1.52. The molecule has 0 radical (unpaired) electrons. The number of ether oxygens (including phenoxy) is 1. The standard InChI is InChI=1S/C22H23F3N2OS/c1-27(2)21(19-4-3-9-29-19)11-17(24)22(18(25)12-21)20-14(7-8-28-22)15-10-13(23)5-6-16(15)26-20/h3-6,9-10,17-18,26H,7-8,11-12H2,1-2H3. The summed E-state index contributed by atoms with van der Waals surface area (Å²) in [6, 6.07) is 8.27. The molecule has 29 heavy (non-hydrogen) atoms. The summed E-state index contributed by atoms with van der Waals surface area (Å²) in [6.45, 7) is 0.214. The van der Waals surface area contributed by atoms with Crippen LogP contribution in [0, 0.1) is 5.82 Å². The SMILES string of the molecule is CN(C)C1(c2cccs2)CC(F)C2(OCCc3c2[nH]c2ccc(F)cc32)C(F)C1. The van der Waals surface area contributed by atoms with E-state index in [1.54, 1.807) is 6.07 Å². The molecule has 1 fully saturated rings. The first-order chi connectivity index (χ1) is 13.9. The Balaban J connectivity index is 1.64. The smallest absolute Gasteiger partial charge is 0.170 e. The first-order valence-corrected chi connectivity index (χ1v) is 10.7. The van der Waals surface area contributed by atoms with Gasteiger partial charge in [0.1, 0.15) is 18.2 Å². The Morgan fingerprint density at radius 2 is 1.93 bits per heavy atom. The molecule has 0 bridgehead atoms. The summed E-state index contributed by atoms with van der Waals surface area (Å²) in [5, 5.41) is 2.62. The number of benzene rings is 1. The molecule has 154 valence electrons. The van der Waals surface area contributed by atoms with Crippen molar-refractivity contribution in [3.8, 4) is 0 Å². The Morgan fingerprint density at radius 3 is 2.59 bits per heavy atom. The maximum atomic E-state index is 16.0. The zero-order valence-electron chi connectivity index (χ0n) is 16.3. The van der Waals surface area contributed by atoms with Gasteiger partial charge in [0.25, 0.3) is 0 Å². The summed E-state index contributed by atoms with van der Waals surface area (Å²) in [5.41, 5.74) is -0.521. The predicted octanol–water partition coefficient (Wildman–Crippen LogP) is 5.06. The van der Waals surface area contributed by atoms with Crippen LogP contribution in [-0.2, 0) is 22.3 Å². The average Bonchev–Trinajstić information content (AvgIpc) is 3.34. The van der Waals surface area contributed by atoms with Gasteiger partial charge < -0.3 is 9.72 Å². The number of hydrogen-bond donors (Lipinski definition) is 1. The van der Waals surface area contributed by atoms with E-state index in [1.807, 2.05) is 36.5 Å². The molecule has 1 saturated carbocycles. The van der Waals surface area contributed by atoms with Crippen molar-refractivity contribution in [3.05, 3.63) is 57.7 Å². The van der Waals surface area contributed by atoms with Gasteiger partial charge in [0.2, 0.25) is 0 Å². The van der Waals surface area contributed by atoms with Crippen molar-refractivity contribution in [1.82, 2.24) is 9.88 Å². The van der Waals surface area contributed by atoms with Gasteiger partial charge in [0.15, 0.2) is 5.60 Å². The molecule has 2 atom stereocenters. The maximum Gasteiger partial charge on any atom is 0.170 e. The van der Waals surface area contributed by atoms with Crippen LogP contribution < -0.4 is 0 Å². The van der Waals surface area contributed by atoms with E-state index in [-0.39, 0.29) is 25.3 Å². The first-order valence-electron chi connectivity index (χ1n) is 9.82. The second-order valence-corrected chi connectivity index (χ2v) is 9.25. The number of aromatic amines is 1. The largest absolute Gasteiger partial charge is 0.362 e. The third-order valence-electron chi connectivity index (χ3n) is 6.75. The van der Waals surface area contributed by atoms with Crippen LogP contribution in [0.5, 0.6) is 0 Å². The van der Waals surface area contributed by atoms with Crippen molar-refractivity contribution in [2.24, 2.45) is 0 Å². The van der Waals surface area contributed by atoms with Crippen LogP contribution in [-0.4, -0.2) is 42.9 Å². The van der Waals surface area contributed by atoms with Crippen molar-refractivity contribution in [3.63, 3.8) is 0 Å². The third-order valence-corrected chi connectivity index (χ3v) is 7.82. The quantitative estimate of drug-likeness (QED) is 0.627. The molecule has 3 heterocycles. The van der Waals surface area contributed by atoms with Crippen LogP contribution in [0.1, 0.15) is 29.0 Å². The van der Waals surface area contributed by atoms with Gasteiger partial charge in [-0.25, -0.2) is 13.2 Å². The fraction of sp³-hybridized carbons (Fsp3) is 0.455. The summed E-state index contributed by atoms with van der Waals surface area (Å²) in [7, 11) is 3.74. The van der Waals surface area contributed by atoms with Crippen molar-refractivity contribution in [1.29, 1.82) is 0 Å². The minimum absolute atomic E-state index is 0.129. The lowest BCUT2D eigenvalue weighted by Gasteiger charge is -2.53. The van der Waals surface area contributed by atoms with Gasteiger partial charge in [0, 0.05) is 28.6 Å². The molecule has 2 unspecified atom stereocenters. The maximum absolute atomic E-state index is 16.0. The number of aromatic nitrogens is 1. The van der Waals surface area contributed by atoms with Crippen LogP contribution in [0.4, 0.5) is 13.2 Å². The van der Waals surface area contributed by atoms with Gasteiger partial charge >= 0.3 is 0 Å². The van der Waals surface area contributed by atoms with Crippen LogP contribution in [0.3, 0.4) is 0 Å². The van der Waals surface area contributed by atoms with Crippen LogP contribution in [0.15, 0.2) is 35.7 Å². The minimum Gasteiger partial charge on any atom is -0.362 e. The van der Waals surface area contributed by atoms with Gasteiger partial charge in [0.05, 0.1) is 17.8 Å². The first kappa shape index (κ1) is 19.2. The Bertz CT molecular complexity index is 1030. The van der Waals surface area contributed by atoms with Gasteiger partial charge in [-0.3, -0.25) is 4.90 Å². The van der Waals surface area contributed by atoms with Gasteiger partial charge in [-0.05, 0) is 55.7 Å².